The highest BCUT2D eigenvalue weighted by molar-refractivity contribution is 5.81. The first-order chi connectivity index (χ1) is 13.6. The van der Waals surface area contributed by atoms with E-state index in [1.807, 2.05) is 0 Å². The molecule has 2 saturated carbocycles. The molecule has 4 rings (SSSR count). The van der Waals surface area contributed by atoms with Gasteiger partial charge in [-0.05, 0) is 48.8 Å². The first-order valence-corrected chi connectivity index (χ1v) is 10.3. The Labute approximate surface area is 167 Å². The van der Waals surface area contributed by atoms with Crippen LogP contribution in [0.25, 0.3) is 0 Å². The molecule has 0 aromatic heterocycles. The Morgan fingerprint density at radius 1 is 1.18 bits per heavy atom. The van der Waals surface area contributed by atoms with E-state index in [1.54, 1.807) is 31.4 Å². The molecule has 150 valence electrons. The Bertz CT molecular complexity index is 749. The maximum Gasteiger partial charge on any atom is 0.344 e. The molecule has 1 unspecified atom stereocenters. The van der Waals surface area contributed by atoms with Crippen molar-refractivity contribution in [1.82, 2.24) is 4.90 Å². The number of esters is 1. The molecular weight excluding hydrogens is 354 g/mol. The van der Waals surface area contributed by atoms with Crippen molar-refractivity contribution in [2.45, 2.75) is 37.7 Å². The van der Waals surface area contributed by atoms with Crippen LogP contribution < -0.4 is 4.74 Å². The summed E-state index contributed by atoms with van der Waals surface area (Å²) in [5, 5.41) is 11.4. The normalized spacial score (nSPS) is 26.1. The van der Waals surface area contributed by atoms with Crippen LogP contribution >= 0.6 is 0 Å². The van der Waals surface area contributed by atoms with Gasteiger partial charge in [0.05, 0.1) is 13.7 Å². The predicted molar refractivity (Wildman–Crippen MR) is 106 cm³/mol. The van der Waals surface area contributed by atoms with Gasteiger partial charge < -0.3 is 14.6 Å². The summed E-state index contributed by atoms with van der Waals surface area (Å²) in [4.78, 5) is 15.3. The SMILES string of the molecule is COc1ccc(C(O)(C(=O)OCC#CCN2C[C@H]3C[C@H]3C2)C2CCCC2)cc1. The van der Waals surface area contributed by atoms with Gasteiger partial charge in [0.15, 0.2) is 12.2 Å². The zero-order valence-electron chi connectivity index (χ0n) is 16.5. The molecule has 1 aromatic carbocycles. The monoisotopic (exact) mass is 383 g/mol. The van der Waals surface area contributed by atoms with Crippen LogP contribution in [0, 0.1) is 29.6 Å². The van der Waals surface area contributed by atoms with Gasteiger partial charge >= 0.3 is 5.97 Å². The molecule has 0 radical (unpaired) electrons. The standard InChI is InChI=1S/C23H29NO4/c1-27-21-10-8-20(9-11-21)23(26,19-6-2-3-7-19)22(25)28-13-5-4-12-24-15-17-14-18(17)16-24/h8-11,17-19,26H,2-3,6-7,12-16H2,1H3/t17-,18+,23?. The molecule has 28 heavy (non-hydrogen) atoms. The molecule has 3 atom stereocenters. The zero-order chi connectivity index (χ0) is 19.6. The lowest BCUT2D eigenvalue weighted by molar-refractivity contribution is -0.172. The molecule has 0 amide bonds. The van der Waals surface area contributed by atoms with Crippen LogP contribution in [0.1, 0.15) is 37.7 Å². The van der Waals surface area contributed by atoms with E-state index < -0.39 is 11.6 Å². The van der Waals surface area contributed by atoms with E-state index in [9.17, 15) is 9.90 Å². The predicted octanol–water partition coefficient (Wildman–Crippen LogP) is 2.57. The van der Waals surface area contributed by atoms with Gasteiger partial charge in [-0.15, -0.1) is 0 Å². The van der Waals surface area contributed by atoms with Gasteiger partial charge in [0, 0.05) is 19.0 Å². The van der Waals surface area contributed by atoms with Crippen LogP contribution in [0.2, 0.25) is 0 Å². The van der Waals surface area contributed by atoms with E-state index in [1.165, 1.54) is 6.42 Å². The van der Waals surface area contributed by atoms with Crippen LogP contribution in [0.4, 0.5) is 0 Å². The maximum absolute atomic E-state index is 12.9. The van der Waals surface area contributed by atoms with E-state index in [2.05, 4.69) is 16.7 Å². The molecule has 1 saturated heterocycles. The van der Waals surface area contributed by atoms with Gasteiger partial charge in [-0.25, -0.2) is 4.79 Å². The Morgan fingerprint density at radius 2 is 1.86 bits per heavy atom. The summed E-state index contributed by atoms with van der Waals surface area (Å²) in [7, 11) is 1.59. The summed E-state index contributed by atoms with van der Waals surface area (Å²) >= 11 is 0. The second-order valence-electron chi connectivity index (χ2n) is 8.36. The highest BCUT2D eigenvalue weighted by Crippen LogP contribution is 2.44. The first-order valence-electron chi connectivity index (χ1n) is 10.3. The summed E-state index contributed by atoms with van der Waals surface area (Å²) in [6.45, 7) is 3.05. The highest BCUT2D eigenvalue weighted by Gasteiger charge is 2.48. The fraction of sp³-hybridized carbons (Fsp3) is 0.609. The Kier molecular flexibility index (Phi) is 5.61. The molecule has 1 aliphatic heterocycles. The van der Waals surface area contributed by atoms with Crippen LogP contribution in [0.5, 0.6) is 5.75 Å². The minimum absolute atomic E-state index is 0.0186. The number of carbonyl (C=O) groups excluding carboxylic acids is 1. The highest BCUT2D eigenvalue weighted by atomic mass is 16.5. The molecule has 0 bridgehead atoms. The molecule has 3 aliphatic rings. The van der Waals surface area contributed by atoms with E-state index in [4.69, 9.17) is 9.47 Å². The number of piperidine rings is 1. The van der Waals surface area contributed by atoms with Crippen molar-refractivity contribution in [1.29, 1.82) is 0 Å². The average molecular weight is 383 g/mol. The van der Waals surface area contributed by atoms with E-state index >= 15 is 0 Å². The molecule has 1 heterocycles. The van der Waals surface area contributed by atoms with Gasteiger partial charge in [0.2, 0.25) is 0 Å². The lowest BCUT2D eigenvalue weighted by Crippen LogP contribution is -2.43. The number of likely N-dealkylation sites (tertiary alicyclic amines) is 1. The molecular formula is C23H29NO4. The fourth-order valence-electron chi connectivity index (χ4n) is 4.76. The Balaban J connectivity index is 1.38. The number of hydrogen-bond donors (Lipinski definition) is 1. The number of benzene rings is 1. The number of aliphatic hydroxyl groups is 1. The summed E-state index contributed by atoms with van der Waals surface area (Å²) < 4.78 is 10.6. The third kappa shape index (κ3) is 3.90. The number of hydrogen-bond acceptors (Lipinski definition) is 5. The molecule has 5 nitrogen and oxygen atoms in total. The number of rotatable bonds is 6. The van der Waals surface area contributed by atoms with Crippen molar-refractivity contribution in [2.75, 3.05) is 33.4 Å². The smallest absolute Gasteiger partial charge is 0.344 e. The zero-order valence-corrected chi connectivity index (χ0v) is 16.5. The first kappa shape index (κ1) is 19.3. The summed E-state index contributed by atoms with van der Waals surface area (Å²) in [5.41, 5.74) is -1.06. The molecule has 3 fully saturated rings. The number of fused-ring (bicyclic) bond motifs is 1. The molecule has 2 aliphatic carbocycles. The maximum atomic E-state index is 12.9. The minimum atomic E-state index is -1.62. The molecule has 0 spiro atoms. The molecule has 1 aromatic rings. The number of carbonyl (C=O) groups is 1. The second-order valence-corrected chi connectivity index (χ2v) is 8.36. The van der Waals surface area contributed by atoms with E-state index in [0.717, 1.165) is 57.2 Å². The largest absolute Gasteiger partial charge is 0.497 e. The van der Waals surface area contributed by atoms with Crippen molar-refractivity contribution in [3.8, 4) is 17.6 Å². The third-order valence-corrected chi connectivity index (χ3v) is 6.54. The summed E-state index contributed by atoms with van der Waals surface area (Å²) in [6, 6.07) is 7.04. The summed E-state index contributed by atoms with van der Waals surface area (Å²) in [6.07, 6.45) is 5.07. The second kappa shape index (κ2) is 8.14. The molecule has 1 N–H and O–H groups in total. The number of ether oxygens (including phenoxy) is 2. The van der Waals surface area contributed by atoms with Crippen LogP contribution in [0.15, 0.2) is 24.3 Å². The van der Waals surface area contributed by atoms with Gasteiger partial charge in [-0.2, -0.15) is 0 Å². The van der Waals surface area contributed by atoms with E-state index in [-0.39, 0.29) is 12.5 Å². The summed E-state index contributed by atoms with van der Waals surface area (Å²) in [5.74, 6) is 7.80. The van der Waals surface area contributed by atoms with Crippen LogP contribution in [-0.4, -0.2) is 49.3 Å². The van der Waals surface area contributed by atoms with Crippen molar-refractivity contribution >= 4 is 5.97 Å². The van der Waals surface area contributed by atoms with Gasteiger partial charge in [0.1, 0.15) is 5.75 Å². The van der Waals surface area contributed by atoms with E-state index in [0.29, 0.717) is 11.3 Å². The number of nitrogens with zero attached hydrogens (tertiary/aromatic N) is 1. The quantitative estimate of drug-likeness (QED) is 0.604. The van der Waals surface area contributed by atoms with Gasteiger partial charge in [-0.1, -0.05) is 36.8 Å². The number of methoxy groups -OCH3 is 1. The third-order valence-electron chi connectivity index (χ3n) is 6.54. The topological polar surface area (TPSA) is 59.0 Å². The van der Waals surface area contributed by atoms with Crippen molar-refractivity contribution in [3.05, 3.63) is 29.8 Å². The Morgan fingerprint density at radius 3 is 2.50 bits per heavy atom. The van der Waals surface area contributed by atoms with Gasteiger partial charge in [-0.3, -0.25) is 4.90 Å². The molecule has 5 heteroatoms. The Hall–Kier alpha value is -2.03. The van der Waals surface area contributed by atoms with Crippen LogP contribution in [-0.2, 0) is 15.1 Å². The lowest BCUT2D eigenvalue weighted by atomic mass is 9.80. The lowest BCUT2D eigenvalue weighted by Gasteiger charge is -2.32. The van der Waals surface area contributed by atoms with Crippen molar-refractivity contribution < 1.29 is 19.4 Å². The van der Waals surface area contributed by atoms with Crippen molar-refractivity contribution in [3.63, 3.8) is 0 Å². The minimum Gasteiger partial charge on any atom is -0.497 e. The average Bonchev–Trinajstić information content (AvgIpc) is 3.13. The van der Waals surface area contributed by atoms with Crippen molar-refractivity contribution in [2.24, 2.45) is 17.8 Å². The fourth-order valence-corrected chi connectivity index (χ4v) is 4.76. The van der Waals surface area contributed by atoms with Gasteiger partial charge in [0.25, 0.3) is 0 Å². The van der Waals surface area contributed by atoms with Crippen LogP contribution in [0.3, 0.4) is 0 Å².